The van der Waals surface area contributed by atoms with Crippen LogP contribution in [0.4, 0.5) is 5.13 Å². The summed E-state index contributed by atoms with van der Waals surface area (Å²) in [5.41, 5.74) is 1.50. The van der Waals surface area contributed by atoms with E-state index in [0.29, 0.717) is 60.7 Å². The second-order valence-corrected chi connectivity index (χ2v) is 9.97. The molecule has 0 saturated carbocycles. The van der Waals surface area contributed by atoms with Crippen LogP contribution in [0.1, 0.15) is 16.1 Å². The maximum atomic E-state index is 13.3. The minimum absolute atomic E-state index is 0.00977. The molecule has 1 saturated heterocycles. The first-order chi connectivity index (χ1) is 17.2. The molecule has 1 aliphatic heterocycles. The number of rotatable bonds is 9. The number of furan rings is 1. The van der Waals surface area contributed by atoms with E-state index in [1.165, 1.54) is 22.7 Å². The molecular formula is C25H26N4O4S2. The molecule has 5 rings (SSSR count). The Morgan fingerprint density at radius 3 is 2.77 bits per heavy atom. The maximum Gasteiger partial charge on any atom is 0.270 e. The Balaban J connectivity index is 1.24. The predicted octanol–water partition coefficient (Wildman–Crippen LogP) is 4.10. The van der Waals surface area contributed by atoms with Crippen LogP contribution >= 0.6 is 22.7 Å². The van der Waals surface area contributed by atoms with Gasteiger partial charge >= 0.3 is 0 Å². The van der Waals surface area contributed by atoms with E-state index in [0.717, 1.165) is 24.1 Å². The van der Waals surface area contributed by atoms with Gasteiger partial charge in [-0.3, -0.25) is 19.4 Å². The number of thiophene rings is 1. The lowest BCUT2D eigenvalue weighted by Gasteiger charge is -2.25. The summed E-state index contributed by atoms with van der Waals surface area (Å²) in [6.45, 7) is 4.17. The average molecular weight is 511 g/mol. The Kier molecular flexibility index (Phi) is 7.53. The number of hydrogen-bond acceptors (Lipinski definition) is 8. The number of ether oxygens (including phenoxy) is 1. The highest BCUT2D eigenvalue weighted by atomic mass is 32.1. The van der Waals surface area contributed by atoms with E-state index < -0.39 is 0 Å². The number of nitrogens with one attached hydrogen (secondary N) is 1. The number of aromatic nitrogens is 1. The minimum Gasteiger partial charge on any atom is -0.454 e. The normalized spacial score (nSPS) is 14.3. The van der Waals surface area contributed by atoms with Crippen molar-refractivity contribution in [1.82, 2.24) is 15.2 Å². The zero-order valence-electron chi connectivity index (χ0n) is 19.1. The molecule has 0 aliphatic carbocycles. The molecule has 0 radical (unpaired) electrons. The van der Waals surface area contributed by atoms with Gasteiger partial charge in [-0.05, 0) is 30.0 Å². The van der Waals surface area contributed by atoms with Gasteiger partial charge in [0.05, 0.1) is 24.6 Å². The third-order valence-corrected chi connectivity index (χ3v) is 7.45. The lowest BCUT2D eigenvalue weighted by Crippen LogP contribution is -2.43. The molecule has 0 atom stereocenters. The molecule has 182 valence electrons. The zero-order valence-corrected chi connectivity index (χ0v) is 20.8. The van der Waals surface area contributed by atoms with Crippen LogP contribution in [-0.2, 0) is 9.53 Å². The summed E-state index contributed by atoms with van der Waals surface area (Å²) in [6.07, 6.45) is 0.617. The van der Waals surface area contributed by atoms with Crippen LogP contribution in [0.2, 0.25) is 0 Å². The van der Waals surface area contributed by atoms with E-state index in [1.807, 2.05) is 53.2 Å². The molecule has 2 amide bonds. The Labute approximate surface area is 211 Å². The first-order valence-electron chi connectivity index (χ1n) is 11.5. The largest absolute Gasteiger partial charge is 0.454 e. The monoisotopic (exact) mass is 510 g/mol. The summed E-state index contributed by atoms with van der Waals surface area (Å²) >= 11 is 2.81. The number of anilines is 1. The topological polar surface area (TPSA) is 87.9 Å². The fraction of sp³-hybridized carbons (Fsp3) is 0.320. The number of carbonyl (C=O) groups is 2. The van der Waals surface area contributed by atoms with Crippen molar-refractivity contribution in [2.24, 2.45) is 0 Å². The fourth-order valence-corrected chi connectivity index (χ4v) is 5.42. The second kappa shape index (κ2) is 11.1. The standard InChI is InChI=1S/C25H26N4O4S2/c30-23(16-28-10-12-32-13-11-28)26-8-4-9-29(24(31)22-7-3-14-34-22)25-27-19(17-35-25)21-15-18-5-1-2-6-20(18)33-21/h1-3,5-7,14-15,17H,4,8-13,16H2,(H,26,30). The Morgan fingerprint density at radius 1 is 1.11 bits per heavy atom. The molecule has 35 heavy (non-hydrogen) atoms. The van der Waals surface area contributed by atoms with Crippen molar-refractivity contribution in [2.45, 2.75) is 6.42 Å². The Bertz CT molecular complexity index is 1240. The molecule has 1 aromatic carbocycles. The number of thiazole rings is 1. The van der Waals surface area contributed by atoms with E-state index in [-0.39, 0.29) is 11.8 Å². The molecule has 8 nitrogen and oxygen atoms in total. The van der Waals surface area contributed by atoms with Crippen LogP contribution in [0.15, 0.2) is 57.6 Å². The SMILES string of the molecule is O=C(CN1CCOCC1)NCCCN(C(=O)c1cccs1)c1nc(-c2cc3ccccc3o2)cs1. The fourth-order valence-electron chi connectivity index (χ4n) is 3.91. The van der Waals surface area contributed by atoms with Gasteiger partial charge in [0.1, 0.15) is 11.3 Å². The van der Waals surface area contributed by atoms with E-state index >= 15 is 0 Å². The summed E-state index contributed by atoms with van der Waals surface area (Å²) in [5.74, 6) is 0.571. The number of morpholine rings is 1. The lowest BCUT2D eigenvalue weighted by atomic mass is 10.2. The van der Waals surface area contributed by atoms with Crippen molar-refractivity contribution in [2.75, 3.05) is 50.8 Å². The Hall–Kier alpha value is -3.05. The number of para-hydroxylation sites is 1. The molecule has 1 aliphatic rings. The third kappa shape index (κ3) is 5.79. The number of fused-ring (bicyclic) bond motifs is 1. The van der Waals surface area contributed by atoms with E-state index in [2.05, 4.69) is 10.2 Å². The van der Waals surface area contributed by atoms with Gasteiger partial charge in [-0.15, -0.1) is 22.7 Å². The summed E-state index contributed by atoms with van der Waals surface area (Å²) < 4.78 is 11.3. The van der Waals surface area contributed by atoms with Crippen molar-refractivity contribution in [3.05, 3.63) is 58.1 Å². The molecule has 4 heterocycles. The van der Waals surface area contributed by atoms with Gasteiger partial charge in [0.2, 0.25) is 5.91 Å². The first kappa shape index (κ1) is 23.7. The van der Waals surface area contributed by atoms with Gasteiger partial charge in [-0.1, -0.05) is 24.3 Å². The first-order valence-corrected chi connectivity index (χ1v) is 13.3. The minimum atomic E-state index is -0.0925. The number of nitrogens with zero attached hydrogens (tertiary/aromatic N) is 3. The average Bonchev–Trinajstić information content (AvgIpc) is 3.65. The third-order valence-electron chi connectivity index (χ3n) is 5.73. The van der Waals surface area contributed by atoms with Gasteiger partial charge in [0.15, 0.2) is 10.9 Å². The summed E-state index contributed by atoms with van der Waals surface area (Å²) in [5, 5.41) is 8.38. The maximum absolute atomic E-state index is 13.3. The molecular weight excluding hydrogens is 484 g/mol. The molecule has 1 N–H and O–H groups in total. The van der Waals surface area contributed by atoms with Crippen molar-refractivity contribution in [3.8, 4) is 11.5 Å². The summed E-state index contributed by atoms with van der Waals surface area (Å²) in [7, 11) is 0. The second-order valence-electron chi connectivity index (χ2n) is 8.19. The van der Waals surface area contributed by atoms with Crippen molar-refractivity contribution in [1.29, 1.82) is 0 Å². The van der Waals surface area contributed by atoms with Crippen molar-refractivity contribution < 1.29 is 18.7 Å². The highest BCUT2D eigenvalue weighted by Crippen LogP contribution is 2.32. The van der Waals surface area contributed by atoms with Crippen molar-refractivity contribution >= 4 is 50.6 Å². The number of hydrogen-bond donors (Lipinski definition) is 1. The summed E-state index contributed by atoms with van der Waals surface area (Å²) in [4.78, 5) is 34.7. The van der Waals surface area contributed by atoms with Crippen LogP contribution in [0.3, 0.4) is 0 Å². The molecule has 3 aromatic heterocycles. The van der Waals surface area contributed by atoms with Crippen LogP contribution in [-0.4, -0.2) is 67.6 Å². The van der Waals surface area contributed by atoms with Crippen molar-refractivity contribution in [3.63, 3.8) is 0 Å². The zero-order chi connectivity index (χ0) is 24.0. The van der Waals surface area contributed by atoms with Crippen LogP contribution < -0.4 is 10.2 Å². The molecule has 10 heteroatoms. The highest BCUT2D eigenvalue weighted by molar-refractivity contribution is 7.14. The number of amides is 2. The quantitative estimate of drug-likeness (QED) is 0.341. The molecule has 1 fully saturated rings. The van der Waals surface area contributed by atoms with Gasteiger partial charge < -0.3 is 14.5 Å². The van der Waals surface area contributed by atoms with Gasteiger partial charge in [0.25, 0.3) is 5.91 Å². The molecule has 0 bridgehead atoms. The van der Waals surface area contributed by atoms with Gasteiger partial charge in [-0.25, -0.2) is 4.98 Å². The lowest BCUT2D eigenvalue weighted by molar-refractivity contribution is -0.123. The van der Waals surface area contributed by atoms with Crippen LogP contribution in [0.25, 0.3) is 22.4 Å². The van der Waals surface area contributed by atoms with E-state index in [4.69, 9.17) is 14.1 Å². The molecule has 0 spiro atoms. The Morgan fingerprint density at radius 2 is 1.97 bits per heavy atom. The van der Waals surface area contributed by atoms with E-state index in [9.17, 15) is 9.59 Å². The van der Waals surface area contributed by atoms with Crippen LogP contribution in [0, 0.1) is 0 Å². The van der Waals surface area contributed by atoms with Gasteiger partial charge in [-0.2, -0.15) is 0 Å². The molecule has 4 aromatic rings. The van der Waals surface area contributed by atoms with Crippen LogP contribution in [0.5, 0.6) is 0 Å². The highest BCUT2D eigenvalue weighted by Gasteiger charge is 2.22. The predicted molar refractivity (Wildman–Crippen MR) is 138 cm³/mol. The number of benzene rings is 1. The summed E-state index contributed by atoms with van der Waals surface area (Å²) in [6, 6.07) is 13.5. The smallest absolute Gasteiger partial charge is 0.270 e. The molecule has 0 unspecified atom stereocenters. The number of carbonyl (C=O) groups excluding carboxylic acids is 2. The van der Waals surface area contributed by atoms with E-state index in [1.54, 1.807) is 4.90 Å². The van der Waals surface area contributed by atoms with Gasteiger partial charge in [0, 0.05) is 36.9 Å².